The van der Waals surface area contributed by atoms with Gasteiger partial charge in [-0.25, -0.2) is 4.79 Å². The number of aliphatic carboxylic acids is 1. The first kappa shape index (κ1) is 18.7. The highest BCUT2D eigenvalue weighted by molar-refractivity contribution is 5.73. The number of benzene rings is 3. The van der Waals surface area contributed by atoms with Crippen molar-refractivity contribution < 1.29 is 14.6 Å². The Morgan fingerprint density at radius 1 is 0.852 bits per heavy atom. The molecule has 27 heavy (non-hydrogen) atoms. The molecule has 0 aliphatic heterocycles. The van der Waals surface area contributed by atoms with Gasteiger partial charge in [-0.05, 0) is 40.3 Å². The van der Waals surface area contributed by atoms with Crippen molar-refractivity contribution in [2.75, 3.05) is 0 Å². The van der Waals surface area contributed by atoms with Gasteiger partial charge in [0.1, 0.15) is 5.75 Å². The molecule has 1 N–H and O–H groups in total. The van der Waals surface area contributed by atoms with E-state index < -0.39 is 12.1 Å². The number of carboxylic acid groups (broad SMARTS) is 1. The van der Waals surface area contributed by atoms with Crippen LogP contribution >= 0.6 is 0 Å². The van der Waals surface area contributed by atoms with E-state index in [2.05, 4.69) is 13.8 Å². The van der Waals surface area contributed by atoms with Crippen LogP contribution in [0.15, 0.2) is 78.9 Å². The van der Waals surface area contributed by atoms with Crippen molar-refractivity contribution in [2.45, 2.75) is 32.3 Å². The van der Waals surface area contributed by atoms with Gasteiger partial charge in [0, 0.05) is 6.42 Å². The van der Waals surface area contributed by atoms with Gasteiger partial charge in [0.15, 0.2) is 6.10 Å². The van der Waals surface area contributed by atoms with Crippen LogP contribution in [0.1, 0.15) is 30.9 Å². The van der Waals surface area contributed by atoms with Crippen LogP contribution in [-0.4, -0.2) is 17.2 Å². The molecule has 0 aromatic heterocycles. The molecule has 0 saturated carbocycles. The molecule has 0 aliphatic rings. The molecule has 138 valence electrons. The fraction of sp³-hybridized carbons (Fsp3) is 0.208. The molecule has 3 nitrogen and oxygen atoms in total. The summed E-state index contributed by atoms with van der Waals surface area (Å²) >= 11 is 0. The van der Waals surface area contributed by atoms with Crippen LogP contribution in [0, 0.1) is 0 Å². The first-order valence-electron chi connectivity index (χ1n) is 9.16. The van der Waals surface area contributed by atoms with Crippen LogP contribution in [0.2, 0.25) is 0 Å². The van der Waals surface area contributed by atoms with Crippen LogP contribution in [-0.2, 0) is 11.2 Å². The van der Waals surface area contributed by atoms with E-state index in [1.807, 2.05) is 78.9 Å². The minimum atomic E-state index is -0.963. The Balaban J connectivity index is 1.70. The molecule has 0 unspecified atom stereocenters. The third-order valence-electron chi connectivity index (χ3n) is 4.58. The molecule has 0 saturated heterocycles. The monoisotopic (exact) mass is 360 g/mol. The second kappa shape index (κ2) is 8.54. The summed E-state index contributed by atoms with van der Waals surface area (Å²) in [5.74, 6) is 0.0460. The van der Waals surface area contributed by atoms with E-state index in [0.29, 0.717) is 18.1 Å². The molecule has 3 heteroatoms. The average Bonchev–Trinajstić information content (AvgIpc) is 2.69. The number of carbonyl (C=O) groups is 1. The van der Waals surface area contributed by atoms with E-state index in [-0.39, 0.29) is 0 Å². The van der Waals surface area contributed by atoms with Crippen molar-refractivity contribution in [1.29, 1.82) is 0 Å². The summed E-state index contributed by atoms with van der Waals surface area (Å²) in [5, 5.41) is 9.55. The molecule has 0 fully saturated rings. The van der Waals surface area contributed by atoms with Crippen molar-refractivity contribution in [3.05, 3.63) is 90.0 Å². The standard InChI is InChI=1S/C24H24O3/c1-17(2)19-10-8-18(9-11-19)16-23(24(25)26)27-22-14-12-21(13-15-22)20-6-4-3-5-7-20/h3-15,17,23H,16H2,1-2H3,(H,25,26)/t23-/m0/s1. The Morgan fingerprint density at radius 3 is 2.00 bits per heavy atom. The molecule has 0 spiro atoms. The zero-order valence-electron chi connectivity index (χ0n) is 15.6. The lowest BCUT2D eigenvalue weighted by Gasteiger charge is -2.16. The Labute approximate surface area is 160 Å². The normalized spacial score (nSPS) is 12.0. The Hall–Kier alpha value is -3.07. The summed E-state index contributed by atoms with van der Waals surface area (Å²) in [4.78, 5) is 11.6. The zero-order chi connectivity index (χ0) is 19.2. The van der Waals surface area contributed by atoms with Gasteiger partial charge in [0.25, 0.3) is 0 Å². The topological polar surface area (TPSA) is 46.5 Å². The summed E-state index contributed by atoms with van der Waals surface area (Å²) in [6, 6.07) is 25.6. The molecule has 0 heterocycles. The van der Waals surface area contributed by atoms with Crippen LogP contribution in [0.25, 0.3) is 11.1 Å². The van der Waals surface area contributed by atoms with Gasteiger partial charge in [0.05, 0.1) is 0 Å². The highest BCUT2D eigenvalue weighted by Crippen LogP contribution is 2.23. The quantitative estimate of drug-likeness (QED) is 0.601. The average molecular weight is 360 g/mol. The largest absolute Gasteiger partial charge is 0.478 e. The molecular formula is C24H24O3. The molecular weight excluding hydrogens is 336 g/mol. The molecule has 3 aromatic carbocycles. The minimum Gasteiger partial charge on any atom is -0.478 e. The first-order valence-corrected chi connectivity index (χ1v) is 9.16. The van der Waals surface area contributed by atoms with Crippen molar-refractivity contribution >= 4 is 5.97 Å². The van der Waals surface area contributed by atoms with Gasteiger partial charge in [-0.15, -0.1) is 0 Å². The molecule has 0 amide bonds. The highest BCUT2D eigenvalue weighted by atomic mass is 16.5. The third-order valence-corrected chi connectivity index (χ3v) is 4.58. The summed E-state index contributed by atoms with van der Waals surface area (Å²) in [6.07, 6.45) is -0.591. The number of carboxylic acids is 1. The number of rotatable bonds is 7. The van der Waals surface area contributed by atoms with Gasteiger partial charge in [-0.1, -0.05) is 80.6 Å². The lowest BCUT2D eigenvalue weighted by atomic mass is 9.99. The first-order chi connectivity index (χ1) is 13.0. The van der Waals surface area contributed by atoms with Crippen LogP contribution in [0.4, 0.5) is 0 Å². The van der Waals surface area contributed by atoms with Crippen molar-refractivity contribution in [1.82, 2.24) is 0 Å². The predicted molar refractivity (Wildman–Crippen MR) is 108 cm³/mol. The maximum atomic E-state index is 11.6. The minimum absolute atomic E-state index is 0.328. The second-order valence-corrected chi connectivity index (χ2v) is 6.94. The van der Waals surface area contributed by atoms with Crippen LogP contribution in [0.5, 0.6) is 5.75 Å². The summed E-state index contributed by atoms with van der Waals surface area (Å²) < 4.78 is 5.75. The number of hydrogen-bond acceptors (Lipinski definition) is 2. The Bertz CT molecular complexity index is 866. The Kier molecular flexibility index (Phi) is 5.92. The van der Waals surface area contributed by atoms with E-state index in [4.69, 9.17) is 4.74 Å². The van der Waals surface area contributed by atoms with Crippen LogP contribution < -0.4 is 4.74 Å². The lowest BCUT2D eigenvalue weighted by Crippen LogP contribution is -2.29. The fourth-order valence-corrected chi connectivity index (χ4v) is 2.95. The molecule has 1 atom stereocenters. The van der Waals surface area contributed by atoms with Gasteiger partial charge >= 0.3 is 5.97 Å². The second-order valence-electron chi connectivity index (χ2n) is 6.94. The summed E-state index contributed by atoms with van der Waals surface area (Å²) in [5.41, 5.74) is 4.37. The highest BCUT2D eigenvalue weighted by Gasteiger charge is 2.20. The number of ether oxygens (including phenoxy) is 1. The summed E-state index contributed by atoms with van der Waals surface area (Å²) in [7, 11) is 0. The van der Waals surface area contributed by atoms with Crippen LogP contribution in [0.3, 0.4) is 0 Å². The zero-order valence-corrected chi connectivity index (χ0v) is 15.6. The molecule has 0 bridgehead atoms. The predicted octanol–water partition coefficient (Wildman–Crippen LogP) is 5.55. The molecule has 0 radical (unpaired) electrons. The number of hydrogen-bond donors (Lipinski definition) is 1. The molecule has 0 aliphatic carbocycles. The summed E-state index contributed by atoms with van der Waals surface area (Å²) in [6.45, 7) is 4.27. The maximum absolute atomic E-state index is 11.6. The lowest BCUT2D eigenvalue weighted by molar-refractivity contribution is -0.145. The van der Waals surface area contributed by atoms with E-state index in [1.54, 1.807) is 0 Å². The molecule has 3 rings (SSSR count). The van der Waals surface area contributed by atoms with Crippen molar-refractivity contribution in [3.63, 3.8) is 0 Å². The van der Waals surface area contributed by atoms with E-state index in [0.717, 1.165) is 16.7 Å². The van der Waals surface area contributed by atoms with E-state index in [1.165, 1.54) is 5.56 Å². The third kappa shape index (κ3) is 4.98. The fourth-order valence-electron chi connectivity index (χ4n) is 2.95. The van der Waals surface area contributed by atoms with Crippen molar-refractivity contribution in [2.24, 2.45) is 0 Å². The Morgan fingerprint density at radius 2 is 1.44 bits per heavy atom. The van der Waals surface area contributed by atoms with Crippen molar-refractivity contribution in [3.8, 4) is 16.9 Å². The van der Waals surface area contributed by atoms with Gasteiger partial charge in [-0.3, -0.25) is 0 Å². The van der Waals surface area contributed by atoms with E-state index >= 15 is 0 Å². The van der Waals surface area contributed by atoms with Gasteiger partial charge in [0.2, 0.25) is 0 Å². The van der Waals surface area contributed by atoms with E-state index in [9.17, 15) is 9.90 Å². The maximum Gasteiger partial charge on any atom is 0.345 e. The molecule has 3 aromatic rings. The smallest absolute Gasteiger partial charge is 0.345 e. The SMILES string of the molecule is CC(C)c1ccc(C[C@H](Oc2ccc(-c3ccccc3)cc2)C(=O)O)cc1. The van der Waals surface area contributed by atoms with Gasteiger partial charge < -0.3 is 9.84 Å². The van der Waals surface area contributed by atoms with Gasteiger partial charge in [-0.2, -0.15) is 0 Å².